The van der Waals surface area contributed by atoms with Gasteiger partial charge in [-0.1, -0.05) is 6.07 Å². The lowest BCUT2D eigenvalue weighted by Crippen LogP contribution is -1.94. The van der Waals surface area contributed by atoms with E-state index in [4.69, 9.17) is 9.52 Å². The number of rotatable bonds is 2. The minimum absolute atomic E-state index is 0.208. The van der Waals surface area contributed by atoms with Crippen LogP contribution in [0, 0.1) is 0 Å². The minimum atomic E-state index is -0.965. The molecule has 4 nitrogen and oxygen atoms in total. The van der Waals surface area contributed by atoms with E-state index in [1.807, 2.05) is 6.07 Å². The van der Waals surface area contributed by atoms with E-state index < -0.39 is 5.97 Å². The van der Waals surface area contributed by atoms with Crippen LogP contribution in [0.4, 0.5) is 0 Å². The summed E-state index contributed by atoms with van der Waals surface area (Å²) in [6, 6.07) is 11.0. The lowest BCUT2D eigenvalue weighted by Gasteiger charge is -2.00. The Morgan fingerprint density at radius 2 is 1.95 bits per heavy atom. The molecule has 1 aliphatic carbocycles. The lowest BCUT2D eigenvalue weighted by atomic mass is 10.1. The van der Waals surface area contributed by atoms with Crippen LogP contribution in [0.5, 0.6) is 0 Å². The lowest BCUT2D eigenvalue weighted by molar-refractivity contribution is 0.0697. The van der Waals surface area contributed by atoms with E-state index in [0.29, 0.717) is 17.0 Å². The molecular weight excluding hydrogens is 266 g/mol. The van der Waals surface area contributed by atoms with Crippen molar-refractivity contribution < 1.29 is 14.3 Å². The zero-order valence-electron chi connectivity index (χ0n) is 11.3. The van der Waals surface area contributed by atoms with Crippen LogP contribution >= 0.6 is 0 Å². The number of fused-ring (bicyclic) bond motifs is 2. The summed E-state index contributed by atoms with van der Waals surface area (Å²) >= 11 is 0. The van der Waals surface area contributed by atoms with E-state index in [1.165, 1.54) is 23.6 Å². The number of carboxylic acids is 1. The van der Waals surface area contributed by atoms with Gasteiger partial charge in [0.1, 0.15) is 5.52 Å². The van der Waals surface area contributed by atoms with E-state index in [-0.39, 0.29) is 5.56 Å². The Hall–Kier alpha value is -2.62. The van der Waals surface area contributed by atoms with E-state index in [1.54, 1.807) is 12.1 Å². The molecular formula is C17H13NO3. The monoisotopic (exact) mass is 279 g/mol. The fourth-order valence-corrected chi connectivity index (χ4v) is 2.89. The van der Waals surface area contributed by atoms with Crippen LogP contribution in [0.25, 0.3) is 22.6 Å². The molecule has 0 aliphatic heterocycles. The van der Waals surface area contributed by atoms with Crippen LogP contribution in [0.15, 0.2) is 40.8 Å². The molecule has 21 heavy (non-hydrogen) atoms. The van der Waals surface area contributed by atoms with Gasteiger partial charge in [-0.05, 0) is 60.7 Å². The maximum Gasteiger partial charge on any atom is 0.335 e. The molecule has 3 aromatic rings. The molecule has 1 aliphatic rings. The number of oxazole rings is 1. The Bertz CT molecular complexity index is 864. The molecule has 0 bridgehead atoms. The number of aromatic carboxylic acids is 1. The molecule has 0 spiro atoms. The predicted octanol–water partition coefficient (Wildman–Crippen LogP) is 3.68. The van der Waals surface area contributed by atoms with Gasteiger partial charge in [-0.2, -0.15) is 0 Å². The van der Waals surface area contributed by atoms with Crippen molar-refractivity contribution in [2.24, 2.45) is 0 Å². The van der Waals surface area contributed by atoms with Gasteiger partial charge in [0.25, 0.3) is 0 Å². The number of nitrogens with zero attached hydrogens (tertiary/aromatic N) is 1. The smallest absolute Gasteiger partial charge is 0.335 e. The summed E-state index contributed by atoms with van der Waals surface area (Å²) in [6.07, 6.45) is 3.45. The number of aryl methyl sites for hydroxylation is 2. The van der Waals surface area contributed by atoms with Gasteiger partial charge >= 0.3 is 5.97 Å². The van der Waals surface area contributed by atoms with Crippen molar-refractivity contribution in [1.29, 1.82) is 0 Å². The zero-order valence-corrected chi connectivity index (χ0v) is 11.3. The molecule has 0 unspecified atom stereocenters. The zero-order chi connectivity index (χ0) is 14.4. The van der Waals surface area contributed by atoms with Crippen LogP contribution in [0.1, 0.15) is 27.9 Å². The summed E-state index contributed by atoms with van der Waals surface area (Å²) in [6.45, 7) is 0. The molecule has 1 heterocycles. The molecule has 4 heteroatoms. The maximum absolute atomic E-state index is 11.0. The van der Waals surface area contributed by atoms with Crippen molar-refractivity contribution in [3.63, 3.8) is 0 Å². The third-order valence-electron chi connectivity index (χ3n) is 3.98. The first-order chi connectivity index (χ1) is 10.2. The Balaban J connectivity index is 1.81. The standard InChI is InChI=1S/C17H13NO3/c19-17(20)13-6-7-14-15(9-13)21-16(18-14)12-5-4-10-2-1-3-11(10)8-12/h4-9H,1-3H2,(H,19,20). The topological polar surface area (TPSA) is 63.3 Å². The average molecular weight is 279 g/mol. The van der Waals surface area contributed by atoms with E-state index in [9.17, 15) is 4.79 Å². The molecule has 0 saturated heterocycles. The van der Waals surface area contributed by atoms with Gasteiger partial charge in [0.05, 0.1) is 5.56 Å². The Morgan fingerprint density at radius 1 is 1.10 bits per heavy atom. The predicted molar refractivity (Wildman–Crippen MR) is 78.4 cm³/mol. The molecule has 1 aromatic heterocycles. The highest BCUT2D eigenvalue weighted by Gasteiger charge is 2.15. The van der Waals surface area contributed by atoms with Crippen LogP contribution < -0.4 is 0 Å². The van der Waals surface area contributed by atoms with Crippen molar-refractivity contribution in [2.75, 3.05) is 0 Å². The number of carbonyl (C=O) groups is 1. The van der Waals surface area contributed by atoms with Crippen molar-refractivity contribution in [3.8, 4) is 11.5 Å². The first kappa shape index (κ1) is 12.1. The Kier molecular flexibility index (Phi) is 2.57. The number of hydrogen-bond donors (Lipinski definition) is 1. The van der Waals surface area contributed by atoms with Gasteiger partial charge in [-0.15, -0.1) is 0 Å². The van der Waals surface area contributed by atoms with Crippen molar-refractivity contribution in [2.45, 2.75) is 19.3 Å². The molecule has 104 valence electrons. The average Bonchev–Trinajstić information content (AvgIpc) is 3.11. The second-order valence-electron chi connectivity index (χ2n) is 5.34. The minimum Gasteiger partial charge on any atom is -0.478 e. The summed E-state index contributed by atoms with van der Waals surface area (Å²) in [5.41, 5.74) is 5.10. The SMILES string of the molecule is O=C(O)c1ccc2nc(-c3ccc4c(c3)CCC4)oc2c1. The fourth-order valence-electron chi connectivity index (χ4n) is 2.89. The summed E-state index contributed by atoms with van der Waals surface area (Å²) in [5, 5.41) is 9.01. The molecule has 4 rings (SSSR count). The largest absolute Gasteiger partial charge is 0.478 e. The van der Waals surface area contributed by atoms with E-state index in [2.05, 4.69) is 17.1 Å². The maximum atomic E-state index is 11.0. The first-order valence-electron chi connectivity index (χ1n) is 6.97. The Labute approximate surface area is 121 Å². The normalized spacial score (nSPS) is 13.5. The van der Waals surface area contributed by atoms with Crippen molar-refractivity contribution in [1.82, 2.24) is 4.98 Å². The number of aromatic nitrogens is 1. The molecule has 0 fully saturated rings. The van der Waals surface area contributed by atoms with E-state index in [0.717, 1.165) is 18.4 Å². The third-order valence-corrected chi connectivity index (χ3v) is 3.98. The molecule has 0 amide bonds. The van der Waals surface area contributed by atoms with Crippen LogP contribution in [-0.2, 0) is 12.8 Å². The summed E-state index contributed by atoms with van der Waals surface area (Å²) in [5.74, 6) is -0.422. The highest BCUT2D eigenvalue weighted by Crippen LogP contribution is 2.29. The number of carboxylic acid groups (broad SMARTS) is 1. The van der Waals surface area contributed by atoms with Gasteiger partial charge in [0.2, 0.25) is 5.89 Å². The summed E-state index contributed by atoms with van der Waals surface area (Å²) < 4.78 is 5.73. The van der Waals surface area contributed by atoms with E-state index >= 15 is 0 Å². The summed E-state index contributed by atoms with van der Waals surface area (Å²) in [4.78, 5) is 15.4. The second-order valence-corrected chi connectivity index (χ2v) is 5.34. The molecule has 0 radical (unpaired) electrons. The fraction of sp³-hybridized carbons (Fsp3) is 0.176. The van der Waals surface area contributed by atoms with Crippen molar-refractivity contribution >= 4 is 17.1 Å². The Morgan fingerprint density at radius 3 is 2.81 bits per heavy atom. The quantitative estimate of drug-likeness (QED) is 0.777. The van der Waals surface area contributed by atoms with Crippen molar-refractivity contribution in [3.05, 3.63) is 53.1 Å². The highest BCUT2D eigenvalue weighted by atomic mass is 16.4. The van der Waals surface area contributed by atoms with Gasteiger partial charge in [-0.3, -0.25) is 0 Å². The molecule has 2 aromatic carbocycles. The molecule has 0 saturated carbocycles. The van der Waals surface area contributed by atoms with Gasteiger partial charge < -0.3 is 9.52 Å². The summed E-state index contributed by atoms with van der Waals surface area (Å²) in [7, 11) is 0. The van der Waals surface area contributed by atoms with Crippen LogP contribution in [0.3, 0.4) is 0 Å². The van der Waals surface area contributed by atoms with Crippen LogP contribution in [0.2, 0.25) is 0 Å². The number of benzene rings is 2. The van der Waals surface area contributed by atoms with Gasteiger partial charge in [0, 0.05) is 5.56 Å². The highest BCUT2D eigenvalue weighted by molar-refractivity contribution is 5.92. The molecule has 1 N–H and O–H groups in total. The number of hydrogen-bond acceptors (Lipinski definition) is 3. The first-order valence-corrected chi connectivity index (χ1v) is 6.97. The second kappa shape index (κ2) is 4.45. The molecule has 0 atom stereocenters. The van der Waals surface area contributed by atoms with Gasteiger partial charge in [0.15, 0.2) is 5.58 Å². The van der Waals surface area contributed by atoms with Crippen LogP contribution in [-0.4, -0.2) is 16.1 Å². The van der Waals surface area contributed by atoms with Gasteiger partial charge in [-0.25, -0.2) is 9.78 Å². The third kappa shape index (κ3) is 2.00.